The van der Waals surface area contributed by atoms with Gasteiger partial charge in [0.2, 0.25) is 0 Å². The summed E-state index contributed by atoms with van der Waals surface area (Å²) in [5, 5.41) is 4.46. The quantitative estimate of drug-likeness (QED) is 0.573. The van der Waals surface area contributed by atoms with Crippen LogP contribution in [-0.4, -0.2) is 32.2 Å². The van der Waals surface area contributed by atoms with E-state index in [0.717, 1.165) is 28.0 Å². The molecule has 2 aromatic carbocycles. The molecule has 0 radical (unpaired) electrons. The van der Waals surface area contributed by atoms with Crippen molar-refractivity contribution in [1.29, 1.82) is 0 Å². The summed E-state index contributed by atoms with van der Waals surface area (Å²) >= 11 is 4.15. The van der Waals surface area contributed by atoms with Crippen LogP contribution in [0.5, 0.6) is 0 Å². The van der Waals surface area contributed by atoms with Crippen LogP contribution in [0.3, 0.4) is 0 Å². The first kappa shape index (κ1) is 14.4. The molecule has 0 aliphatic carbocycles. The number of hydrogen-bond donors (Lipinski definition) is 1. The first-order chi connectivity index (χ1) is 10.3. The summed E-state index contributed by atoms with van der Waals surface area (Å²) in [7, 11) is 0. The zero-order valence-electron chi connectivity index (χ0n) is 11.6. The third-order valence-electron chi connectivity index (χ3n) is 3.21. The van der Waals surface area contributed by atoms with Gasteiger partial charge in [0.25, 0.3) is 0 Å². The second kappa shape index (κ2) is 6.48. The maximum atomic E-state index is 4.50. The fourth-order valence-corrected chi connectivity index (χ4v) is 2.97. The number of para-hydroxylation sites is 1. The Bertz CT molecular complexity index is 759. The molecule has 106 valence electrons. The van der Waals surface area contributed by atoms with Gasteiger partial charge in [-0.25, -0.2) is 0 Å². The van der Waals surface area contributed by atoms with Crippen LogP contribution < -0.4 is 10.0 Å². The van der Waals surface area contributed by atoms with Crippen LogP contribution in [0, 0.1) is 0 Å². The van der Waals surface area contributed by atoms with Gasteiger partial charge in [-0.15, -0.1) is 0 Å². The molecule has 0 saturated heterocycles. The zero-order valence-corrected chi connectivity index (χ0v) is 14.3. The van der Waals surface area contributed by atoms with Crippen molar-refractivity contribution in [2.24, 2.45) is 0 Å². The molecule has 0 bridgehead atoms. The molecule has 1 N–H and O–H groups in total. The van der Waals surface area contributed by atoms with E-state index in [2.05, 4.69) is 61.8 Å². The van der Waals surface area contributed by atoms with Crippen molar-refractivity contribution in [2.75, 3.05) is 11.6 Å². The molecular formula is C16H15N3SSe. The van der Waals surface area contributed by atoms with Gasteiger partial charge in [-0.1, -0.05) is 0 Å². The van der Waals surface area contributed by atoms with Crippen LogP contribution in [0.4, 0.5) is 5.82 Å². The number of fused-ring (bicyclic) bond motifs is 1. The number of anilines is 1. The number of nitrogens with one attached hydrogen (secondary N) is 1. The molecule has 0 fully saturated rings. The monoisotopic (exact) mass is 361 g/mol. The normalized spacial score (nSPS) is 10.8. The van der Waals surface area contributed by atoms with Crippen molar-refractivity contribution in [2.45, 2.75) is 11.4 Å². The summed E-state index contributed by atoms with van der Waals surface area (Å²) < 4.78 is 0.724. The van der Waals surface area contributed by atoms with Gasteiger partial charge in [0.15, 0.2) is 0 Å². The minimum absolute atomic E-state index is 0.724. The standard InChI is InChI=1S/C16H15N3SSe/c1-20-12-8-6-11(7-9-12)10-17-15-13-4-2-3-5-14(13)18-16(21)19-15/h2-9H,10H2,1H3,(H2,17,18,19,21). The summed E-state index contributed by atoms with van der Waals surface area (Å²) in [5.41, 5.74) is 2.20. The average molecular weight is 360 g/mol. The number of nitrogens with zero attached hydrogens (tertiary/aromatic N) is 2. The van der Waals surface area contributed by atoms with Crippen molar-refractivity contribution in [1.82, 2.24) is 9.97 Å². The molecule has 0 aliphatic rings. The van der Waals surface area contributed by atoms with Gasteiger partial charge in [-0.3, -0.25) is 0 Å². The molecule has 21 heavy (non-hydrogen) atoms. The molecule has 5 heteroatoms. The van der Waals surface area contributed by atoms with E-state index in [1.165, 1.54) is 10.5 Å². The van der Waals surface area contributed by atoms with Gasteiger partial charge < -0.3 is 0 Å². The number of aromatic nitrogens is 2. The van der Waals surface area contributed by atoms with Crippen LogP contribution in [0.15, 0.2) is 53.4 Å². The van der Waals surface area contributed by atoms with Gasteiger partial charge in [0.1, 0.15) is 0 Å². The van der Waals surface area contributed by atoms with Gasteiger partial charge in [0, 0.05) is 0 Å². The van der Waals surface area contributed by atoms with Crippen molar-refractivity contribution in [3.05, 3.63) is 54.1 Å². The SMILES string of the molecule is CSc1ccc(CNc2nc([SeH])nc3ccccc23)cc1. The Morgan fingerprint density at radius 1 is 1.05 bits per heavy atom. The Morgan fingerprint density at radius 3 is 2.57 bits per heavy atom. The number of rotatable bonds is 4. The van der Waals surface area contributed by atoms with Crippen molar-refractivity contribution in [3.8, 4) is 0 Å². The van der Waals surface area contributed by atoms with Crippen LogP contribution in [0.25, 0.3) is 10.9 Å². The topological polar surface area (TPSA) is 37.8 Å². The Hall–Kier alpha value is -1.55. The van der Waals surface area contributed by atoms with Gasteiger partial charge >= 0.3 is 136 Å². The Labute approximate surface area is 136 Å². The van der Waals surface area contributed by atoms with Crippen LogP contribution in [0.1, 0.15) is 5.56 Å². The summed E-state index contributed by atoms with van der Waals surface area (Å²) in [6, 6.07) is 16.6. The third kappa shape index (κ3) is 3.38. The first-order valence-electron chi connectivity index (χ1n) is 6.59. The van der Waals surface area contributed by atoms with Crippen LogP contribution >= 0.6 is 11.8 Å². The molecule has 0 amide bonds. The molecule has 0 spiro atoms. The molecule has 1 aromatic heterocycles. The summed E-state index contributed by atoms with van der Waals surface area (Å²) in [5.74, 6) is 0.880. The second-order valence-electron chi connectivity index (χ2n) is 4.59. The second-order valence-corrected chi connectivity index (χ2v) is 6.31. The van der Waals surface area contributed by atoms with Crippen LogP contribution in [-0.2, 0) is 6.54 Å². The summed E-state index contributed by atoms with van der Waals surface area (Å²) in [6.45, 7) is 0.752. The fourth-order valence-electron chi connectivity index (χ4n) is 2.13. The molecule has 0 unspecified atom stereocenters. The van der Waals surface area contributed by atoms with E-state index in [9.17, 15) is 0 Å². The molecule has 0 saturated carbocycles. The molecule has 3 aromatic rings. The molecular weight excluding hydrogens is 345 g/mol. The molecule has 0 aliphatic heterocycles. The Kier molecular flexibility index (Phi) is 4.44. The molecule has 1 heterocycles. The molecule has 3 nitrogen and oxygen atoms in total. The number of benzene rings is 2. The van der Waals surface area contributed by atoms with E-state index < -0.39 is 0 Å². The van der Waals surface area contributed by atoms with E-state index in [-0.39, 0.29) is 0 Å². The first-order valence-corrected chi connectivity index (χ1v) is 8.75. The Morgan fingerprint density at radius 2 is 1.81 bits per heavy atom. The van der Waals surface area contributed by atoms with Gasteiger partial charge in [-0.05, 0) is 0 Å². The zero-order chi connectivity index (χ0) is 14.7. The average Bonchev–Trinajstić information content (AvgIpc) is 2.53. The maximum absolute atomic E-state index is 4.50. The fraction of sp³-hybridized carbons (Fsp3) is 0.125. The molecule has 3 rings (SSSR count). The van der Waals surface area contributed by atoms with Crippen molar-refractivity contribution < 1.29 is 0 Å². The Balaban J connectivity index is 1.84. The van der Waals surface area contributed by atoms with Gasteiger partial charge in [-0.2, -0.15) is 0 Å². The summed E-state index contributed by atoms with van der Waals surface area (Å²) in [4.78, 5) is 10.2. The number of hydrogen-bond acceptors (Lipinski definition) is 4. The van der Waals surface area contributed by atoms with Crippen LogP contribution in [0.2, 0.25) is 0 Å². The van der Waals surface area contributed by atoms with E-state index >= 15 is 0 Å². The number of thioether (sulfide) groups is 1. The third-order valence-corrected chi connectivity index (χ3v) is 4.37. The van der Waals surface area contributed by atoms with Crippen molar-refractivity contribution >= 4 is 49.2 Å². The predicted octanol–water partition coefficient (Wildman–Crippen LogP) is 2.49. The van der Waals surface area contributed by atoms with Gasteiger partial charge in [0.05, 0.1) is 0 Å². The predicted molar refractivity (Wildman–Crippen MR) is 91.9 cm³/mol. The van der Waals surface area contributed by atoms with Crippen molar-refractivity contribution in [3.63, 3.8) is 0 Å². The summed E-state index contributed by atoms with van der Waals surface area (Å²) in [6.07, 6.45) is 2.08. The van der Waals surface area contributed by atoms with E-state index in [4.69, 9.17) is 0 Å². The van der Waals surface area contributed by atoms with E-state index in [1.807, 2.05) is 24.3 Å². The minimum atomic E-state index is 0.724. The van der Waals surface area contributed by atoms with E-state index in [1.54, 1.807) is 11.8 Å². The van der Waals surface area contributed by atoms with E-state index in [0.29, 0.717) is 0 Å². The molecule has 0 atom stereocenters.